The maximum atomic E-state index is 13.6. The molecule has 1 amide bonds. The number of aromatic amines is 1. The van der Waals surface area contributed by atoms with Crippen LogP contribution < -0.4 is 5.69 Å². The van der Waals surface area contributed by atoms with Crippen molar-refractivity contribution in [1.82, 2.24) is 14.5 Å². The number of hydrogen-bond acceptors (Lipinski definition) is 2. The average molecular weight is 380 g/mol. The molecule has 0 radical (unpaired) electrons. The molecular weight excluding hydrogens is 350 g/mol. The number of likely N-dealkylation sites (tertiary alicyclic amines) is 1. The van der Waals surface area contributed by atoms with E-state index in [0.29, 0.717) is 5.91 Å². The van der Waals surface area contributed by atoms with Crippen LogP contribution in [0.1, 0.15) is 57.4 Å². The highest BCUT2D eigenvalue weighted by Gasteiger charge is 2.55. The zero-order valence-corrected chi connectivity index (χ0v) is 16.4. The van der Waals surface area contributed by atoms with Crippen LogP contribution in [0.2, 0.25) is 0 Å². The van der Waals surface area contributed by atoms with Gasteiger partial charge in [0, 0.05) is 19.1 Å². The number of nitrogens with zero attached hydrogens (tertiary/aromatic N) is 2. The first-order valence-corrected chi connectivity index (χ1v) is 11.1. The third-order valence-electron chi connectivity index (χ3n) is 8.23. The third-order valence-corrected chi connectivity index (χ3v) is 8.23. The van der Waals surface area contributed by atoms with E-state index < -0.39 is 0 Å². The summed E-state index contributed by atoms with van der Waals surface area (Å²) in [6.45, 7) is 1.58. The minimum atomic E-state index is -0.0425. The zero-order valence-electron chi connectivity index (χ0n) is 16.4. The lowest BCUT2D eigenvalue weighted by molar-refractivity contribution is -0.159. The molecule has 0 spiro atoms. The van der Waals surface area contributed by atoms with Gasteiger partial charge in [-0.15, -0.1) is 0 Å². The number of amides is 1. The Kier molecular flexibility index (Phi) is 3.60. The Morgan fingerprint density at radius 2 is 1.57 bits per heavy atom. The third kappa shape index (κ3) is 2.44. The number of aromatic nitrogens is 2. The van der Waals surface area contributed by atoms with E-state index in [9.17, 15) is 9.59 Å². The van der Waals surface area contributed by atoms with Crippen molar-refractivity contribution in [2.24, 2.45) is 23.2 Å². The smallest absolute Gasteiger partial charge is 0.326 e. The highest BCUT2D eigenvalue weighted by molar-refractivity contribution is 5.83. The van der Waals surface area contributed by atoms with Gasteiger partial charge in [-0.25, -0.2) is 4.79 Å². The zero-order chi connectivity index (χ0) is 18.9. The van der Waals surface area contributed by atoms with Crippen molar-refractivity contribution >= 4 is 16.9 Å². The maximum Gasteiger partial charge on any atom is 0.326 e. The highest BCUT2D eigenvalue weighted by Crippen LogP contribution is 2.60. The summed E-state index contributed by atoms with van der Waals surface area (Å²) in [5.41, 5.74) is 1.82. The van der Waals surface area contributed by atoms with Gasteiger partial charge in [0.2, 0.25) is 5.91 Å². The van der Waals surface area contributed by atoms with E-state index in [-0.39, 0.29) is 17.1 Å². The van der Waals surface area contributed by atoms with Crippen molar-refractivity contribution in [3.8, 4) is 0 Å². The van der Waals surface area contributed by atoms with E-state index in [4.69, 9.17) is 0 Å². The Morgan fingerprint density at radius 3 is 2.21 bits per heavy atom. The summed E-state index contributed by atoms with van der Waals surface area (Å²) in [5.74, 6) is 2.85. The minimum Gasteiger partial charge on any atom is -0.342 e. The lowest BCUT2D eigenvalue weighted by Gasteiger charge is -2.57. The van der Waals surface area contributed by atoms with Gasteiger partial charge in [0.1, 0.15) is 0 Å². The molecule has 2 aromatic rings. The molecule has 0 unspecified atom stereocenters. The van der Waals surface area contributed by atoms with Gasteiger partial charge in [-0.2, -0.15) is 0 Å². The summed E-state index contributed by atoms with van der Waals surface area (Å²) in [6.07, 6.45) is 9.28. The molecule has 0 atom stereocenters. The molecule has 1 aromatic carbocycles. The number of H-pyrrole nitrogens is 1. The second-order valence-electron chi connectivity index (χ2n) is 10.0. The first kappa shape index (κ1) is 16.9. The van der Waals surface area contributed by atoms with Gasteiger partial charge < -0.3 is 9.88 Å². The minimum absolute atomic E-state index is 0.0212. The lowest BCUT2D eigenvalue weighted by atomic mass is 9.49. The number of hydrogen-bond donors (Lipinski definition) is 1. The van der Waals surface area contributed by atoms with Crippen LogP contribution in [0.3, 0.4) is 0 Å². The van der Waals surface area contributed by atoms with E-state index in [0.717, 1.165) is 74.0 Å². The topological polar surface area (TPSA) is 58.1 Å². The normalized spacial score (nSPS) is 35.0. The van der Waals surface area contributed by atoms with Crippen LogP contribution in [0.5, 0.6) is 0 Å². The van der Waals surface area contributed by atoms with Crippen LogP contribution in [0.4, 0.5) is 0 Å². The molecule has 2 heterocycles. The van der Waals surface area contributed by atoms with Gasteiger partial charge in [-0.1, -0.05) is 12.1 Å². The number of imidazole rings is 1. The van der Waals surface area contributed by atoms with E-state index >= 15 is 0 Å². The number of nitrogens with one attached hydrogen (secondary N) is 1. The Morgan fingerprint density at radius 1 is 0.964 bits per heavy atom. The van der Waals surface area contributed by atoms with E-state index in [1.807, 2.05) is 28.8 Å². The molecule has 4 saturated carbocycles. The number of benzene rings is 1. The van der Waals surface area contributed by atoms with E-state index in [1.54, 1.807) is 0 Å². The molecule has 1 aliphatic heterocycles. The molecule has 28 heavy (non-hydrogen) atoms. The maximum absolute atomic E-state index is 13.6. The molecule has 4 aliphatic carbocycles. The van der Waals surface area contributed by atoms with Crippen LogP contribution in [-0.2, 0) is 4.79 Å². The van der Waals surface area contributed by atoms with Gasteiger partial charge >= 0.3 is 5.69 Å². The van der Waals surface area contributed by atoms with Gasteiger partial charge in [0.25, 0.3) is 0 Å². The highest BCUT2D eigenvalue weighted by atomic mass is 16.2. The Bertz CT molecular complexity index is 944. The fourth-order valence-electron chi connectivity index (χ4n) is 7.47. The molecule has 5 heteroatoms. The predicted molar refractivity (Wildman–Crippen MR) is 108 cm³/mol. The molecule has 5 aliphatic rings. The summed E-state index contributed by atoms with van der Waals surface area (Å²) in [7, 11) is 0. The van der Waals surface area contributed by atoms with Crippen molar-refractivity contribution in [2.45, 2.75) is 57.4 Å². The van der Waals surface area contributed by atoms with Crippen LogP contribution >= 0.6 is 0 Å². The van der Waals surface area contributed by atoms with Crippen LogP contribution in [0.15, 0.2) is 29.1 Å². The quantitative estimate of drug-likeness (QED) is 0.865. The number of piperidine rings is 1. The first-order chi connectivity index (χ1) is 13.6. The number of fused-ring (bicyclic) bond motifs is 1. The molecule has 1 N–H and O–H groups in total. The molecule has 5 fully saturated rings. The number of rotatable bonds is 2. The van der Waals surface area contributed by atoms with Gasteiger partial charge in [-0.05, 0) is 81.3 Å². The van der Waals surface area contributed by atoms with Crippen LogP contribution in [0, 0.1) is 23.2 Å². The summed E-state index contributed by atoms with van der Waals surface area (Å²) in [4.78, 5) is 31.2. The molecule has 4 bridgehead atoms. The van der Waals surface area contributed by atoms with Crippen LogP contribution in [-0.4, -0.2) is 33.4 Å². The molecule has 1 aromatic heterocycles. The van der Waals surface area contributed by atoms with E-state index in [1.165, 1.54) is 19.3 Å². The summed E-state index contributed by atoms with van der Waals surface area (Å²) < 4.78 is 1.92. The predicted octanol–water partition coefficient (Wildman–Crippen LogP) is 3.71. The standard InChI is InChI=1S/C23H29N3O2/c27-21(23-12-15-9-16(13-23)11-17(10-15)14-23)25-7-5-18(6-8-25)26-20-4-2-1-3-19(20)24-22(26)28/h1-4,15-18H,5-14H2,(H,24,28). The Labute approximate surface area is 165 Å². The van der Waals surface area contributed by atoms with Gasteiger partial charge in [0.05, 0.1) is 16.4 Å². The Balaban J connectivity index is 1.20. The second kappa shape index (κ2) is 5.98. The SMILES string of the molecule is O=C(N1CCC(n2c(=O)[nH]c3ccccc32)CC1)C12CC3CC(CC(C3)C1)C2. The van der Waals surface area contributed by atoms with Gasteiger partial charge in [0.15, 0.2) is 0 Å². The number of carbonyl (C=O) groups is 1. The average Bonchev–Trinajstić information content (AvgIpc) is 3.02. The van der Waals surface area contributed by atoms with Crippen molar-refractivity contribution in [3.63, 3.8) is 0 Å². The summed E-state index contributed by atoms with van der Waals surface area (Å²) in [5, 5.41) is 0. The van der Waals surface area contributed by atoms with Gasteiger partial charge in [-0.3, -0.25) is 9.36 Å². The molecular formula is C23H29N3O2. The van der Waals surface area contributed by atoms with Crippen molar-refractivity contribution < 1.29 is 4.79 Å². The van der Waals surface area contributed by atoms with Crippen LogP contribution in [0.25, 0.3) is 11.0 Å². The first-order valence-electron chi connectivity index (χ1n) is 11.1. The number of para-hydroxylation sites is 2. The fraction of sp³-hybridized carbons (Fsp3) is 0.652. The molecule has 1 saturated heterocycles. The molecule has 5 nitrogen and oxygen atoms in total. The number of carbonyl (C=O) groups excluding carboxylic acids is 1. The van der Waals surface area contributed by atoms with Crippen molar-refractivity contribution in [2.75, 3.05) is 13.1 Å². The second-order valence-corrected chi connectivity index (χ2v) is 10.0. The van der Waals surface area contributed by atoms with E-state index in [2.05, 4.69) is 9.88 Å². The Hall–Kier alpha value is -2.04. The van der Waals surface area contributed by atoms with Crippen molar-refractivity contribution in [3.05, 3.63) is 34.7 Å². The van der Waals surface area contributed by atoms with Crippen molar-refractivity contribution in [1.29, 1.82) is 0 Å². The monoisotopic (exact) mass is 379 g/mol. The fourth-order valence-corrected chi connectivity index (χ4v) is 7.47. The largest absolute Gasteiger partial charge is 0.342 e. The lowest BCUT2D eigenvalue weighted by Crippen LogP contribution is -2.55. The molecule has 7 rings (SSSR count). The summed E-state index contributed by atoms with van der Waals surface area (Å²) in [6, 6.07) is 8.09. The summed E-state index contributed by atoms with van der Waals surface area (Å²) >= 11 is 0. The molecule has 148 valence electrons.